The van der Waals surface area contributed by atoms with Gasteiger partial charge in [0.1, 0.15) is 5.82 Å². The van der Waals surface area contributed by atoms with E-state index in [1.165, 1.54) is 17.8 Å². The van der Waals surface area contributed by atoms with E-state index in [2.05, 4.69) is 10.1 Å². The Kier molecular flexibility index (Phi) is 4.72. The number of hydrogen-bond donors (Lipinski definition) is 1. The van der Waals surface area contributed by atoms with Crippen molar-refractivity contribution in [2.24, 2.45) is 4.99 Å². The van der Waals surface area contributed by atoms with Crippen LogP contribution in [0.15, 0.2) is 28.0 Å². The number of aliphatic imine (C=N–C) groups is 1. The van der Waals surface area contributed by atoms with Gasteiger partial charge in [0.2, 0.25) is 0 Å². The molecule has 0 saturated carbocycles. The van der Waals surface area contributed by atoms with E-state index >= 15 is 0 Å². The molecule has 2 aliphatic heterocycles. The molecule has 1 aromatic heterocycles. The molecule has 2 atom stereocenters. The summed E-state index contributed by atoms with van der Waals surface area (Å²) < 4.78 is 22.3. The van der Waals surface area contributed by atoms with Crippen LogP contribution in [-0.4, -0.2) is 27.0 Å². The summed E-state index contributed by atoms with van der Waals surface area (Å²) in [7, 11) is 0. The largest absolute Gasteiger partial charge is 0.375 e. The van der Waals surface area contributed by atoms with Gasteiger partial charge in [0, 0.05) is 12.2 Å². The average Bonchev–Trinajstić information content (AvgIpc) is 2.92. The number of thioether (sulfide) groups is 1. The van der Waals surface area contributed by atoms with E-state index < -0.39 is 11.1 Å². The highest BCUT2D eigenvalue weighted by Gasteiger charge is 2.36. The number of fused-ring (bicyclic) bond motifs is 1. The molecule has 0 bridgehead atoms. The normalized spacial score (nSPS) is 24.4. The zero-order valence-electron chi connectivity index (χ0n) is 15.4. The summed E-state index contributed by atoms with van der Waals surface area (Å²) in [6.45, 7) is 6.58. The Labute approximate surface area is 165 Å². The second kappa shape index (κ2) is 6.79. The Morgan fingerprint density at radius 1 is 1.44 bits per heavy atom. The van der Waals surface area contributed by atoms with Gasteiger partial charge in [-0.25, -0.2) is 9.38 Å². The molecule has 1 saturated heterocycles. The first-order chi connectivity index (χ1) is 12.8. The molecule has 1 fully saturated rings. The van der Waals surface area contributed by atoms with Crippen LogP contribution in [0, 0.1) is 5.82 Å². The Morgan fingerprint density at radius 3 is 2.96 bits per heavy atom. The van der Waals surface area contributed by atoms with Gasteiger partial charge in [0.05, 0.1) is 32.5 Å². The molecule has 1 aromatic carbocycles. The molecule has 27 heavy (non-hydrogen) atoms. The van der Waals surface area contributed by atoms with Gasteiger partial charge in [-0.15, -0.1) is 0 Å². The smallest absolute Gasteiger partial charge is 0.271 e. The number of aromatic nitrogens is 2. The molecule has 0 unspecified atom stereocenters. The fraction of sp³-hybridized carbons (Fsp3) is 0.474. The number of halogens is 2. The molecule has 3 heterocycles. The Morgan fingerprint density at radius 2 is 2.22 bits per heavy atom. The molecule has 1 N–H and O–H groups in total. The van der Waals surface area contributed by atoms with E-state index in [9.17, 15) is 9.18 Å². The molecule has 2 aliphatic rings. The summed E-state index contributed by atoms with van der Waals surface area (Å²) in [5, 5.41) is 3.30. The monoisotopic (exact) mass is 409 g/mol. The van der Waals surface area contributed by atoms with Gasteiger partial charge >= 0.3 is 0 Å². The van der Waals surface area contributed by atoms with Crippen LogP contribution in [0.5, 0.6) is 0 Å². The lowest BCUT2D eigenvalue weighted by molar-refractivity contribution is -0.0705. The Bertz CT molecular complexity index is 982. The van der Waals surface area contributed by atoms with Crippen molar-refractivity contribution in [3.63, 3.8) is 0 Å². The van der Waals surface area contributed by atoms with Crippen LogP contribution in [0.3, 0.4) is 0 Å². The van der Waals surface area contributed by atoms with Crippen molar-refractivity contribution in [1.82, 2.24) is 9.78 Å². The van der Waals surface area contributed by atoms with Crippen molar-refractivity contribution in [3.05, 3.63) is 50.5 Å². The first kappa shape index (κ1) is 18.8. The molecular weight excluding hydrogens is 389 g/mol. The fourth-order valence-electron chi connectivity index (χ4n) is 3.84. The first-order valence-electron chi connectivity index (χ1n) is 8.91. The van der Waals surface area contributed by atoms with E-state index in [1.54, 1.807) is 12.1 Å². The van der Waals surface area contributed by atoms with Gasteiger partial charge in [0.25, 0.3) is 5.56 Å². The quantitative estimate of drug-likeness (QED) is 0.760. The lowest BCUT2D eigenvalue weighted by Crippen LogP contribution is -2.35. The average molecular weight is 410 g/mol. The predicted octanol–water partition coefficient (Wildman–Crippen LogP) is 4.99. The highest BCUT2D eigenvalue weighted by Crippen LogP contribution is 2.46. The number of nitrogens with one attached hydrogen (secondary N) is 1. The standard InChI is InChI=1S/C19H21ClFN3O2S/c1-10-22-17-14(16(27-10)12-5-4-6-13(20)15(12)21)18(25)23-24(17)11-7-8-26-19(2,3)9-11/h4-6,11,16H,7-9H2,1-3H3,(H,23,25)/t11-,16-/m0/s1. The number of rotatable bonds is 2. The van der Waals surface area contributed by atoms with Crippen molar-refractivity contribution in [3.8, 4) is 0 Å². The number of ether oxygens (including phenoxy) is 1. The number of nitrogens with zero attached hydrogens (tertiary/aromatic N) is 2. The van der Waals surface area contributed by atoms with Crippen LogP contribution in [-0.2, 0) is 4.74 Å². The minimum Gasteiger partial charge on any atom is -0.375 e. The zero-order chi connectivity index (χ0) is 19.3. The van der Waals surface area contributed by atoms with E-state index in [0.717, 1.165) is 17.9 Å². The minimum atomic E-state index is -0.489. The summed E-state index contributed by atoms with van der Waals surface area (Å²) in [5.74, 6) is 0.0972. The van der Waals surface area contributed by atoms with Gasteiger partial charge in [-0.2, -0.15) is 0 Å². The number of aromatic amines is 1. The van der Waals surface area contributed by atoms with Gasteiger partial charge < -0.3 is 4.74 Å². The van der Waals surface area contributed by atoms with Crippen molar-refractivity contribution in [1.29, 1.82) is 0 Å². The highest BCUT2D eigenvalue weighted by molar-refractivity contribution is 8.14. The third-order valence-corrected chi connectivity index (χ3v) is 6.50. The van der Waals surface area contributed by atoms with Crippen LogP contribution in [0.4, 0.5) is 10.2 Å². The van der Waals surface area contributed by atoms with Crippen LogP contribution in [0.25, 0.3) is 0 Å². The number of benzene rings is 1. The fourth-order valence-corrected chi connectivity index (χ4v) is 5.14. The second-order valence-electron chi connectivity index (χ2n) is 7.57. The van der Waals surface area contributed by atoms with Gasteiger partial charge in [-0.05, 0) is 39.7 Å². The van der Waals surface area contributed by atoms with Crippen molar-refractivity contribution < 1.29 is 9.13 Å². The van der Waals surface area contributed by atoms with E-state index in [0.29, 0.717) is 23.6 Å². The van der Waals surface area contributed by atoms with Crippen LogP contribution >= 0.6 is 23.4 Å². The van der Waals surface area contributed by atoms with E-state index in [4.69, 9.17) is 16.3 Å². The highest BCUT2D eigenvalue weighted by atomic mass is 35.5. The van der Waals surface area contributed by atoms with Gasteiger partial charge in [-0.3, -0.25) is 14.6 Å². The Hall–Kier alpha value is -1.57. The van der Waals surface area contributed by atoms with E-state index in [-0.39, 0.29) is 22.2 Å². The molecule has 144 valence electrons. The summed E-state index contributed by atoms with van der Waals surface area (Å²) in [5.41, 5.74) is 0.384. The molecule has 8 heteroatoms. The molecular formula is C19H21ClFN3O2S. The van der Waals surface area contributed by atoms with Crippen molar-refractivity contribution >= 4 is 34.2 Å². The summed E-state index contributed by atoms with van der Waals surface area (Å²) >= 11 is 7.35. The third kappa shape index (κ3) is 3.37. The van der Waals surface area contributed by atoms with Gasteiger partial charge in [0.15, 0.2) is 5.82 Å². The van der Waals surface area contributed by atoms with Crippen LogP contribution in [0.1, 0.15) is 56.0 Å². The molecule has 0 aliphatic carbocycles. The van der Waals surface area contributed by atoms with Crippen molar-refractivity contribution in [2.75, 3.05) is 6.61 Å². The lowest BCUT2D eigenvalue weighted by atomic mass is 9.94. The maximum absolute atomic E-state index is 14.7. The first-order valence-corrected chi connectivity index (χ1v) is 10.2. The maximum atomic E-state index is 14.7. The van der Waals surface area contributed by atoms with E-state index in [1.807, 2.05) is 25.5 Å². The number of H-pyrrole nitrogens is 1. The molecule has 5 nitrogen and oxygen atoms in total. The predicted molar refractivity (Wildman–Crippen MR) is 107 cm³/mol. The molecule has 0 amide bonds. The summed E-state index contributed by atoms with van der Waals surface area (Å²) in [6, 6.07) is 4.97. The van der Waals surface area contributed by atoms with Crippen molar-refractivity contribution in [2.45, 2.75) is 50.5 Å². The molecule has 0 radical (unpaired) electrons. The number of hydrogen-bond acceptors (Lipinski definition) is 4. The van der Waals surface area contributed by atoms with Crippen LogP contribution in [0.2, 0.25) is 5.02 Å². The third-order valence-electron chi connectivity index (χ3n) is 5.05. The van der Waals surface area contributed by atoms with Gasteiger partial charge in [-0.1, -0.05) is 35.5 Å². The summed E-state index contributed by atoms with van der Waals surface area (Å²) in [4.78, 5) is 17.5. The lowest BCUT2D eigenvalue weighted by Gasteiger charge is -2.36. The Balaban J connectivity index is 1.83. The molecule has 0 spiro atoms. The van der Waals surface area contributed by atoms with Crippen LogP contribution < -0.4 is 5.56 Å². The second-order valence-corrected chi connectivity index (χ2v) is 9.28. The molecule has 2 aromatic rings. The SMILES string of the molecule is CC1=Nc2c(c(=O)[nH]n2[C@H]2CCOC(C)(C)C2)[C@H](c2cccc(Cl)c2F)S1. The topological polar surface area (TPSA) is 59.4 Å². The maximum Gasteiger partial charge on any atom is 0.271 e. The minimum absolute atomic E-state index is 0.0526. The summed E-state index contributed by atoms with van der Waals surface area (Å²) in [6.07, 6.45) is 1.56. The zero-order valence-corrected chi connectivity index (χ0v) is 17.0. The molecule has 4 rings (SSSR count).